The van der Waals surface area contributed by atoms with Gasteiger partial charge in [0.2, 0.25) is 5.91 Å². The lowest BCUT2D eigenvalue weighted by molar-refractivity contribution is -0.119. The van der Waals surface area contributed by atoms with E-state index in [1.807, 2.05) is 0 Å². The highest BCUT2D eigenvalue weighted by Crippen LogP contribution is 2.30. The SMILES string of the molecule is COc1ccc(F)c(NC(=O)C2(S(C)(=O)=O)CCNCC2)c1.Cl. The van der Waals surface area contributed by atoms with Crippen molar-refractivity contribution in [1.29, 1.82) is 0 Å². The van der Waals surface area contributed by atoms with E-state index >= 15 is 0 Å². The van der Waals surface area contributed by atoms with Crippen molar-refractivity contribution in [2.75, 3.05) is 31.8 Å². The summed E-state index contributed by atoms with van der Waals surface area (Å²) in [5, 5.41) is 5.42. The van der Waals surface area contributed by atoms with E-state index in [-0.39, 0.29) is 30.9 Å². The van der Waals surface area contributed by atoms with Crippen LogP contribution in [0.5, 0.6) is 5.75 Å². The van der Waals surface area contributed by atoms with E-state index in [0.29, 0.717) is 18.8 Å². The molecule has 1 saturated heterocycles. The number of hydrogen-bond donors (Lipinski definition) is 2. The molecule has 2 N–H and O–H groups in total. The molecule has 0 atom stereocenters. The van der Waals surface area contributed by atoms with Gasteiger partial charge in [0.15, 0.2) is 14.6 Å². The van der Waals surface area contributed by atoms with E-state index in [0.717, 1.165) is 12.3 Å². The Morgan fingerprint density at radius 3 is 2.48 bits per heavy atom. The molecule has 1 aliphatic rings. The summed E-state index contributed by atoms with van der Waals surface area (Å²) in [5.41, 5.74) is -0.0918. The number of carbonyl (C=O) groups is 1. The van der Waals surface area contributed by atoms with Crippen LogP contribution in [-0.4, -0.2) is 45.5 Å². The molecule has 0 spiro atoms. The molecule has 1 fully saturated rings. The Morgan fingerprint density at radius 2 is 1.96 bits per heavy atom. The van der Waals surface area contributed by atoms with Gasteiger partial charge < -0.3 is 15.4 Å². The van der Waals surface area contributed by atoms with Crippen LogP contribution in [-0.2, 0) is 14.6 Å². The number of sulfone groups is 1. The first kappa shape index (κ1) is 19.7. The van der Waals surface area contributed by atoms with E-state index in [1.54, 1.807) is 0 Å². The molecule has 1 amide bonds. The highest BCUT2D eigenvalue weighted by atomic mass is 35.5. The standard InChI is InChI=1S/C14H19FN2O4S.ClH/c1-21-10-3-4-11(15)12(9-10)17-13(18)14(22(2,19)20)5-7-16-8-6-14;/h3-4,9,16H,5-8H2,1-2H3,(H,17,18);1H. The fraction of sp³-hybridized carbons (Fsp3) is 0.500. The summed E-state index contributed by atoms with van der Waals surface area (Å²) in [6, 6.07) is 3.90. The van der Waals surface area contributed by atoms with Gasteiger partial charge in [0.25, 0.3) is 0 Å². The Balaban J connectivity index is 0.00000264. The Morgan fingerprint density at radius 1 is 1.35 bits per heavy atom. The summed E-state index contributed by atoms with van der Waals surface area (Å²) < 4.78 is 41.6. The molecule has 1 aliphatic heterocycles. The van der Waals surface area contributed by atoms with Crippen LogP contribution in [0.3, 0.4) is 0 Å². The second-order valence-electron chi connectivity index (χ2n) is 5.32. The Bertz CT molecular complexity index is 675. The van der Waals surface area contributed by atoms with Crippen LogP contribution in [0.15, 0.2) is 18.2 Å². The largest absolute Gasteiger partial charge is 0.497 e. The third kappa shape index (κ3) is 3.94. The summed E-state index contributed by atoms with van der Waals surface area (Å²) in [5.74, 6) is -0.981. The second-order valence-corrected chi connectivity index (χ2v) is 7.64. The topological polar surface area (TPSA) is 84.5 Å². The van der Waals surface area contributed by atoms with Crippen LogP contribution in [0.1, 0.15) is 12.8 Å². The Hall–Kier alpha value is -1.38. The summed E-state index contributed by atoms with van der Waals surface area (Å²) in [6.07, 6.45) is 1.35. The van der Waals surface area contributed by atoms with Crippen LogP contribution in [0.2, 0.25) is 0 Å². The maximum Gasteiger partial charge on any atom is 0.246 e. The zero-order chi connectivity index (χ0) is 16.4. The molecular weight excluding hydrogens is 347 g/mol. The van der Waals surface area contributed by atoms with Gasteiger partial charge in [0.1, 0.15) is 11.6 Å². The van der Waals surface area contributed by atoms with Crippen molar-refractivity contribution in [2.24, 2.45) is 0 Å². The van der Waals surface area contributed by atoms with Crippen LogP contribution in [0, 0.1) is 5.82 Å². The number of methoxy groups -OCH3 is 1. The monoisotopic (exact) mass is 366 g/mol. The van der Waals surface area contributed by atoms with Crippen molar-refractivity contribution >= 4 is 33.8 Å². The normalized spacial score (nSPS) is 17.0. The van der Waals surface area contributed by atoms with Crippen LogP contribution in [0.4, 0.5) is 10.1 Å². The number of amides is 1. The van der Waals surface area contributed by atoms with Gasteiger partial charge in [-0.3, -0.25) is 4.79 Å². The van der Waals surface area contributed by atoms with Crippen molar-refractivity contribution in [1.82, 2.24) is 5.32 Å². The third-order valence-corrected chi connectivity index (χ3v) is 5.97. The lowest BCUT2D eigenvalue weighted by Gasteiger charge is -2.34. The van der Waals surface area contributed by atoms with Gasteiger partial charge in [-0.25, -0.2) is 12.8 Å². The van der Waals surface area contributed by atoms with Crippen molar-refractivity contribution in [2.45, 2.75) is 17.6 Å². The van der Waals surface area contributed by atoms with Gasteiger partial charge in [-0.15, -0.1) is 12.4 Å². The summed E-state index contributed by atoms with van der Waals surface area (Å²) >= 11 is 0. The van der Waals surface area contributed by atoms with Gasteiger partial charge in [-0.2, -0.15) is 0 Å². The molecule has 1 aromatic carbocycles. The second kappa shape index (κ2) is 7.46. The minimum absolute atomic E-state index is 0. The van der Waals surface area contributed by atoms with Gasteiger partial charge in [0.05, 0.1) is 12.8 Å². The van der Waals surface area contributed by atoms with Crippen LogP contribution >= 0.6 is 12.4 Å². The first-order valence-corrected chi connectivity index (χ1v) is 8.74. The number of nitrogens with one attached hydrogen (secondary N) is 2. The van der Waals surface area contributed by atoms with Crippen LogP contribution in [0.25, 0.3) is 0 Å². The maximum absolute atomic E-state index is 13.8. The number of anilines is 1. The molecule has 1 heterocycles. The molecule has 0 saturated carbocycles. The van der Waals surface area contributed by atoms with Crippen molar-refractivity contribution in [3.05, 3.63) is 24.0 Å². The number of piperidine rings is 1. The number of halogens is 2. The molecule has 0 bridgehead atoms. The number of carbonyl (C=O) groups excluding carboxylic acids is 1. The summed E-state index contributed by atoms with van der Waals surface area (Å²) in [4.78, 5) is 12.6. The molecule has 0 unspecified atom stereocenters. The van der Waals surface area contributed by atoms with Gasteiger partial charge in [0, 0.05) is 12.3 Å². The molecule has 0 aromatic heterocycles. The fourth-order valence-corrected chi connectivity index (χ4v) is 3.89. The van der Waals surface area contributed by atoms with E-state index < -0.39 is 26.3 Å². The zero-order valence-electron chi connectivity index (χ0n) is 12.9. The number of ether oxygens (including phenoxy) is 1. The van der Waals surface area contributed by atoms with E-state index in [4.69, 9.17) is 4.74 Å². The van der Waals surface area contributed by atoms with Crippen molar-refractivity contribution in [3.8, 4) is 5.75 Å². The Kier molecular flexibility index (Phi) is 6.38. The van der Waals surface area contributed by atoms with E-state index in [2.05, 4.69) is 10.6 Å². The summed E-state index contributed by atoms with van der Waals surface area (Å²) in [6.45, 7) is 0.835. The first-order valence-electron chi connectivity index (χ1n) is 6.85. The molecule has 23 heavy (non-hydrogen) atoms. The maximum atomic E-state index is 13.8. The number of hydrogen-bond acceptors (Lipinski definition) is 5. The lowest BCUT2D eigenvalue weighted by Crippen LogP contribution is -2.55. The average molecular weight is 367 g/mol. The molecule has 9 heteroatoms. The van der Waals surface area contributed by atoms with E-state index in [1.165, 1.54) is 19.2 Å². The number of rotatable bonds is 4. The quantitative estimate of drug-likeness (QED) is 0.840. The molecule has 130 valence electrons. The Labute approximate surface area is 141 Å². The third-order valence-electron chi connectivity index (χ3n) is 3.96. The predicted octanol–water partition coefficient (Wildman–Crippen LogP) is 1.36. The van der Waals surface area contributed by atoms with Crippen LogP contribution < -0.4 is 15.4 Å². The smallest absolute Gasteiger partial charge is 0.246 e. The predicted molar refractivity (Wildman–Crippen MR) is 88.5 cm³/mol. The average Bonchev–Trinajstić information content (AvgIpc) is 2.49. The van der Waals surface area contributed by atoms with Gasteiger partial charge >= 0.3 is 0 Å². The summed E-state index contributed by atoms with van der Waals surface area (Å²) in [7, 11) is -2.22. The van der Waals surface area contributed by atoms with Crippen molar-refractivity contribution < 1.29 is 22.3 Å². The first-order chi connectivity index (χ1) is 10.3. The minimum Gasteiger partial charge on any atom is -0.497 e. The molecule has 2 rings (SSSR count). The molecule has 6 nitrogen and oxygen atoms in total. The van der Waals surface area contributed by atoms with E-state index in [9.17, 15) is 17.6 Å². The lowest BCUT2D eigenvalue weighted by atomic mass is 9.95. The molecular formula is C14H20ClFN2O4S. The molecule has 0 aliphatic carbocycles. The highest BCUT2D eigenvalue weighted by Gasteiger charge is 2.48. The number of benzene rings is 1. The minimum atomic E-state index is -3.64. The molecule has 1 aromatic rings. The highest BCUT2D eigenvalue weighted by molar-refractivity contribution is 7.92. The van der Waals surface area contributed by atoms with Crippen molar-refractivity contribution in [3.63, 3.8) is 0 Å². The zero-order valence-corrected chi connectivity index (χ0v) is 14.5. The van der Waals surface area contributed by atoms with Gasteiger partial charge in [-0.05, 0) is 38.1 Å². The molecule has 0 radical (unpaired) electrons. The fourth-order valence-electron chi connectivity index (χ4n) is 2.56. The van der Waals surface area contributed by atoms with Gasteiger partial charge in [-0.1, -0.05) is 0 Å².